The Labute approximate surface area is 93.0 Å². The van der Waals surface area contributed by atoms with Crippen LogP contribution in [0.25, 0.3) is 0 Å². The molecule has 1 aromatic rings. The van der Waals surface area contributed by atoms with Crippen LogP contribution in [0.5, 0.6) is 0 Å². The Kier molecular flexibility index (Phi) is 1.80. The fourth-order valence-corrected chi connectivity index (χ4v) is 2.28. The van der Waals surface area contributed by atoms with E-state index in [2.05, 4.69) is 0 Å². The molecule has 2 amide bonds. The van der Waals surface area contributed by atoms with Gasteiger partial charge in [-0.25, -0.2) is 0 Å². The van der Waals surface area contributed by atoms with Gasteiger partial charge in [-0.2, -0.15) is 0 Å². The number of carbonyl (C=O) groups excluding carboxylic acids is 2. The van der Waals surface area contributed by atoms with E-state index < -0.39 is 0 Å². The molecule has 16 heavy (non-hydrogen) atoms. The van der Waals surface area contributed by atoms with Gasteiger partial charge in [-0.3, -0.25) is 14.5 Å². The molecule has 1 aliphatic heterocycles. The summed E-state index contributed by atoms with van der Waals surface area (Å²) < 4.78 is 0. The normalized spacial score (nSPS) is 27.1. The van der Waals surface area contributed by atoms with Crippen molar-refractivity contribution in [3.63, 3.8) is 0 Å². The van der Waals surface area contributed by atoms with E-state index in [4.69, 9.17) is 5.73 Å². The number of hydrogen-bond donors (Lipinski definition) is 1. The van der Waals surface area contributed by atoms with Crippen LogP contribution in [-0.4, -0.2) is 16.7 Å². The molecule has 1 heterocycles. The molecule has 0 aromatic heterocycles. The Bertz CT molecular complexity index is 464. The molecule has 1 saturated heterocycles. The van der Waals surface area contributed by atoms with Crippen molar-refractivity contribution in [3.8, 4) is 0 Å². The minimum absolute atomic E-state index is 0.0163. The maximum atomic E-state index is 11.7. The molecule has 2 unspecified atom stereocenters. The Balaban J connectivity index is 1.80. The number of rotatable bonds is 2. The lowest BCUT2D eigenvalue weighted by Gasteiger charge is -2.16. The average Bonchev–Trinajstić information content (AvgIpc) is 2.99. The maximum absolute atomic E-state index is 11.7. The number of hydrogen-bond acceptors (Lipinski definition) is 3. The van der Waals surface area contributed by atoms with Crippen molar-refractivity contribution < 1.29 is 9.59 Å². The van der Waals surface area contributed by atoms with E-state index in [1.54, 1.807) is 12.1 Å². The molecule has 0 spiro atoms. The molecule has 2 atom stereocenters. The summed E-state index contributed by atoms with van der Waals surface area (Å²) in [6.07, 6.45) is 0.755. The van der Waals surface area contributed by atoms with Gasteiger partial charge in [0.1, 0.15) is 0 Å². The smallest absolute Gasteiger partial charge is 0.233 e. The monoisotopic (exact) mass is 216 g/mol. The van der Waals surface area contributed by atoms with Gasteiger partial charge in [0.05, 0.1) is 18.4 Å². The van der Waals surface area contributed by atoms with Crippen LogP contribution in [0.2, 0.25) is 0 Å². The van der Waals surface area contributed by atoms with E-state index in [-0.39, 0.29) is 23.7 Å². The van der Waals surface area contributed by atoms with Crippen LogP contribution in [0.4, 0.5) is 5.69 Å². The highest BCUT2D eigenvalue weighted by molar-refractivity contribution is 6.08. The summed E-state index contributed by atoms with van der Waals surface area (Å²) in [7, 11) is 0. The highest BCUT2D eigenvalue weighted by atomic mass is 16.2. The number of nitrogens with two attached hydrogens (primary N) is 1. The summed E-state index contributed by atoms with van der Waals surface area (Å²) >= 11 is 0. The van der Waals surface area contributed by atoms with E-state index in [1.165, 1.54) is 4.90 Å². The number of fused-ring (bicyclic) bond motifs is 1. The summed E-state index contributed by atoms with van der Waals surface area (Å²) in [5.74, 6) is -0.0723. The van der Waals surface area contributed by atoms with Crippen molar-refractivity contribution in [2.45, 2.75) is 13.0 Å². The first-order valence-electron chi connectivity index (χ1n) is 5.36. The van der Waals surface area contributed by atoms with Gasteiger partial charge in [-0.15, -0.1) is 0 Å². The van der Waals surface area contributed by atoms with Gasteiger partial charge >= 0.3 is 0 Å². The molecule has 0 bridgehead atoms. The second-order valence-corrected chi connectivity index (χ2v) is 4.46. The van der Waals surface area contributed by atoms with Crippen molar-refractivity contribution in [2.75, 3.05) is 5.73 Å². The first-order chi connectivity index (χ1) is 7.66. The standard InChI is InChI=1S/C12H12N2O2/c13-8-3-1-2-7(4-8)6-14-11(15)9-5-10(9)12(14)16/h1-4,9-10H,5-6,13H2. The van der Waals surface area contributed by atoms with Crippen LogP contribution in [0.15, 0.2) is 24.3 Å². The third-order valence-electron chi connectivity index (χ3n) is 3.25. The molecule has 2 N–H and O–H groups in total. The van der Waals surface area contributed by atoms with Crippen molar-refractivity contribution in [2.24, 2.45) is 11.8 Å². The van der Waals surface area contributed by atoms with Gasteiger partial charge in [0.2, 0.25) is 11.8 Å². The lowest BCUT2D eigenvalue weighted by molar-refractivity contribution is -0.142. The van der Waals surface area contributed by atoms with Crippen molar-refractivity contribution in [1.82, 2.24) is 4.90 Å². The number of piperidine rings is 1. The molecule has 4 nitrogen and oxygen atoms in total. The van der Waals surface area contributed by atoms with Gasteiger partial charge in [0.15, 0.2) is 0 Å². The van der Waals surface area contributed by atoms with Gasteiger partial charge in [0.25, 0.3) is 0 Å². The van der Waals surface area contributed by atoms with Gasteiger partial charge < -0.3 is 5.73 Å². The number of carbonyl (C=O) groups is 2. The number of likely N-dealkylation sites (tertiary alicyclic amines) is 1. The molecule has 0 radical (unpaired) electrons. The minimum Gasteiger partial charge on any atom is -0.399 e. The average molecular weight is 216 g/mol. The zero-order valence-corrected chi connectivity index (χ0v) is 8.72. The summed E-state index contributed by atoms with van der Waals surface area (Å²) in [6, 6.07) is 7.29. The van der Waals surface area contributed by atoms with Gasteiger partial charge in [-0.05, 0) is 24.1 Å². The first-order valence-corrected chi connectivity index (χ1v) is 5.36. The fraction of sp³-hybridized carbons (Fsp3) is 0.333. The number of anilines is 1. The van der Waals surface area contributed by atoms with Crippen LogP contribution < -0.4 is 5.73 Å². The predicted octanol–water partition coefficient (Wildman–Crippen LogP) is 0.774. The fourth-order valence-electron chi connectivity index (χ4n) is 2.28. The highest BCUT2D eigenvalue weighted by Gasteiger charge is 2.58. The van der Waals surface area contributed by atoms with Crippen molar-refractivity contribution in [3.05, 3.63) is 29.8 Å². The number of amides is 2. The number of nitrogen functional groups attached to an aromatic ring is 1. The molecule has 1 aromatic carbocycles. The molecule has 2 fully saturated rings. The maximum Gasteiger partial charge on any atom is 0.233 e. The van der Waals surface area contributed by atoms with Crippen molar-refractivity contribution in [1.29, 1.82) is 0 Å². The van der Waals surface area contributed by atoms with Gasteiger partial charge in [-0.1, -0.05) is 12.1 Å². The van der Waals surface area contributed by atoms with E-state index in [1.807, 2.05) is 12.1 Å². The molecule has 4 heteroatoms. The molecule has 2 aliphatic rings. The predicted molar refractivity (Wildman–Crippen MR) is 58.0 cm³/mol. The van der Waals surface area contributed by atoms with E-state index in [9.17, 15) is 9.59 Å². The Hall–Kier alpha value is -1.84. The summed E-state index contributed by atoms with van der Waals surface area (Å²) in [5, 5.41) is 0. The molecule has 1 saturated carbocycles. The molecular formula is C12H12N2O2. The quantitative estimate of drug-likeness (QED) is 0.586. The van der Waals surface area contributed by atoms with Gasteiger partial charge in [0, 0.05) is 5.69 Å². The number of nitrogens with zero attached hydrogens (tertiary/aromatic N) is 1. The van der Waals surface area contributed by atoms with E-state index >= 15 is 0 Å². The van der Waals surface area contributed by atoms with E-state index in [0.717, 1.165) is 12.0 Å². The van der Waals surface area contributed by atoms with E-state index in [0.29, 0.717) is 12.2 Å². The summed E-state index contributed by atoms with van der Waals surface area (Å²) in [4.78, 5) is 24.8. The first kappa shape index (κ1) is 9.39. The largest absolute Gasteiger partial charge is 0.399 e. The zero-order chi connectivity index (χ0) is 11.3. The number of benzene rings is 1. The Morgan fingerprint density at radius 2 is 1.94 bits per heavy atom. The Morgan fingerprint density at radius 3 is 2.56 bits per heavy atom. The van der Waals surface area contributed by atoms with Crippen LogP contribution in [0.3, 0.4) is 0 Å². The summed E-state index contributed by atoms with van der Waals surface area (Å²) in [5.41, 5.74) is 7.21. The summed E-state index contributed by atoms with van der Waals surface area (Å²) in [6.45, 7) is 0.357. The van der Waals surface area contributed by atoms with Crippen LogP contribution in [0.1, 0.15) is 12.0 Å². The molecule has 3 rings (SSSR count). The lowest BCUT2D eigenvalue weighted by Crippen LogP contribution is -2.32. The van der Waals surface area contributed by atoms with Crippen LogP contribution in [-0.2, 0) is 16.1 Å². The lowest BCUT2D eigenvalue weighted by atomic mass is 10.2. The second kappa shape index (κ2) is 3.07. The third-order valence-corrected chi connectivity index (χ3v) is 3.25. The second-order valence-electron chi connectivity index (χ2n) is 4.46. The third kappa shape index (κ3) is 1.30. The zero-order valence-electron chi connectivity index (χ0n) is 8.72. The number of imide groups is 1. The molecule has 82 valence electrons. The Morgan fingerprint density at radius 1 is 1.25 bits per heavy atom. The van der Waals surface area contributed by atoms with Crippen molar-refractivity contribution >= 4 is 17.5 Å². The van der Waals surface area contributed by atoms with Crippen LogP contribution >= 0.6 is 0 Å². The SMILES string of the molecule is Nc1cccc(CN2C(=O)C3CC3C2=O)c1. The van der Waals surface area contributed by atoms with Crippen LogP contribution in [0, 0.1) is 11.8 Å². The topological polar surface area (TPSA) is 63.4 Å². The minimum atomic E-state index is -0.0199. The molecular weight excluding hydrogens is 204 g/mol. The molecule has 1 aliphatic carbocycles. The highest BCUT2D eigenvalue weighted by Crippen LogP contribution is 2.47.